The minimum atomic E-state index is -0.233. The lowest BCUT2D eigenvalue weighted by Crippen LogP contribution is -2.18. The first-order valence-electron chi connectivity index (χ1n) is 6.19. The molecule has 0 radical (unpaired) electrons. The number of fused-ring (bicyclic) bond motifs is 1. The number of thiazole rings is 1. The van der Waals surface area contributed by atoms with Gasteiger partial charge in [0.05, 0.1) is 10.2 Å². The third-order valence-corrected chi connectivity index (χ3v) is 4.30. The van der Waals surface area contributed by atoms with Gasteiger partial charge in [0.15, 0.2) is 11.3 Å². The predicted octanol–water partition coefficient (Wildman–Crippen LogP) is 2.65. The van der Waals surface area contributed by atoms with Gasteiger partial charge in [-0.15, -0.1) is 0 Å². The zero-order valence-corrected chi connectivity index (χ0v) is 11.1. The van der Waals surface area contributed by atoms with Crippen molar-refractivity contribution in [3.05, 3.63) is 24.0 Å². The molecule has 0 aliphatic carbocycles. The second kappa shape index (κ2) is 5.02. The molecule has 2 heterocycles. The molecule has 0 saturated carbocycles. The minimum absolute atomic E-state index is 0.233. The Morgan fingerprint density at radius 3 is 3.26 bits per heavy atom. The molecule has 1 saturated heterocycles. The fourth-order valence-corrected chi connectivity index (χ4v) is 3.19. The number of halogens is 1. The van der Waals surface area contributed by atoms with Crippen molar-refractivity contribution in [1.82, 2.24) is 9.88 Å². The van der Waals surface area contributed by atoms with Crippen molar-refractivity contribution in [2.45, 2.75) is 6.42 Å². The van der Waals surface area contributed by atoms with Crippen LogP contribution in [0.25, 0.3) is 10.2 Å². The molecule has 4 nitrogen and oxygen atoms in total. The molecule has 1 atom stereocenters. The average Bonchev–Trinajstić information content (AvgIpc) is 3.01. The zero-order valence-electron chi connectivity index (χ0n) is 10.3. The van der Waals surface area contributed by atoms with Crippen LogP contribution in [0, 0.1) is 23.2 Å². The Bertz CT molecular complexity index is 633. The number of hydrogen-bond donors (Lipinski definition) is 1. The topological polar surface area (TPSA) is 52.0 Å². The third-order valence-electron chi connectivity index (χ3n) is 3.32. The first-order chi connectivity index (χ1) is 9.24. The molecule has 1 aromatic heterocycles. The number of anilines is 1. The van der Waals surface area contributed by atoms with Crippen LogP contribution in [0.4, 0.5) is 9.52 Å². The summed E-state index contributed by atoms with van der Waals surface area (Å²) in [7, 11) is 0. The molecule has 1 aliphatic rings. The van der Waals surface area contributed by atoms with Crippen LogP contribution in [0.1, 0.15) is 6.42 Å². The maximum absolute atomic E-state index is 13.1. The lowest BCUT2D eigenvalue weighted by atomic mass is 10.1. The lowest BCUT2D eigenvalue weighted by molar-refractivity contribution is 0.461. The number of benzene rings is 1. The molecular weight excluding hydrogens is 263 g/mol. The van der Waals surface area contributed by atoms with Gasteiger partial charge >= 0.3 is 0 Å². The number of nitrogens with zero attached hydrogens (tertiary/aromatic N) is 3. The Morgan fingerprint density at radius 2 is 2.47 bits per heavy atom. The Morgan fingerprint density at radius 1 is 1.58 bits per heavy atom. The van der Waals surface area contributed by atoms with E-state index in [1.54, 1.807) is 11.0 Å². The summed E-state index contributed by atoms with van der Waals surface area (Å²) in [6, 6.07) is 4.62. The van der Waals surface area contributed by atoms with Crippen LogP contribution < -0.4 is 5.32 Å². The molecule has 1 aromatic carbocycles. The van der Waals surface area contributed by atoms with E-state index in [0.717, 1.165) is 41.4 Å². The highest BCUT2D eigenvalue weighted by Crippen LogP contribution is 2.27. The summed E-state index contributed by atoms with van der Waals surface area (Å²) >= 11 is 1.46. The summed E-state index contributed by atoms with van der Waals surface area (Å²) in [4.78, 5) is 6.19. The van der Waals surface area contributed by atoms with Crippen molar-refractivity contribution in [3.8, 4) is 6.19 Å². The summed E-state index contributed by atoms with van der Waals surface area (Å²) in [5.41, 5.74) is 0.818. The molecule has 0 spiro atoms. The Kier molecular flexibility index (Phi) is 3.22. The van der Waals surface area contributed by atoms with Crippen LogP contribution in [0.5, 0.6) is 0 Å². The Hall–Kier alpha value is -1.87. The van der Waals surface area contributed by atoms with Gasteiger partial charge in [0.1, 0.15) is 5.82 Å². The largest absolute Gasteiger partial charge is 0.361 e. The van der Waals surface area contributed by atoms with Gasteiger partial charge < -0.3 is 10.2 Å². The standard InChI is InChI=1S/C13H13FN4S/c14-10-1-2-11-12(5-10)19-13(17-11)16-6-9-3-4-18(7-9)8-15/h1-2,5,9H,3-4,6-7H2,(H,16,17). The maximum Gasteiger partial charge on any atom is 0.183 e. The normalized spacial score (nSPS) is 18.7. The predicted molar refractivity (Wildman–Crippen MR) is 73.4 cm³/mol. The van der Waals surface area contributed by atoms with Gasteiger partial charge in [-0.05, 0) is 30.5 Å². The lowest BCUT2D eigenvalue weighted by Gasteiger charge is -2.09. The third kappa shape index (κ3) is 2.61. The molecule has 1 N–H and O–H groups in total. The average molecular weight is 276 g/mol. The molecule has 0 bridgehead atoms. The SMILES string of the molecule is N#CN1CCC(CNc2nc3ccc(F)cc3s2)C1. The van der Waals surface area contributed by atoms with E-state index in [0.29, 0.717) is 5.92 Å². The first kappa shape index (κ1) is 12.2. The fraction of sp³-hybridized carbons (Fsp3) is 0.385. The molecule has 0 amide bonds. The van der Waals surface area contributed by atoms with Crippen LogP contribution in [0.15, 0.2) is 18.2 Å². The van der Waals surface area contributed by atoms with Gasteiger partial charge in [-0.2, -0.15) is 5.26 Å². The smallest absolute Gasteiger partial charge is 0.183 e. The van der Waals surface area contributed by atoms with Gasteiger partial charge in [0.2, 0.25) is 0 Å². The van der Waals surface area contributed by atoms with E-state index in [1.165, 1.54) is 23.5 Å². The van der Waals surface area contributed by atoms with E-state index in [-0.39, 0.29) is 5.82 Å². The van der Waals surface area contributed by atoms with Gasteiger partial charge in [-0.1, -0.05) is 11.3 Å². The van der Waals surface area contributed by atoms with E-state index in [9.17, 15) is 4.39 Å². The Balaban J connectivity index is 1.64. The second-order valence-electron chi connectivity index (χ2n) is 4.71. The van der Waals surface area contributed by atoms with Crippen LogP contribution in [-0.2, 0) is 0 Å². The minimum Gasteiger partial charge on any atom is -0.361 e. The summed E-state index contributed by atoms with van der Waals surface area (Å²) in [6.07, 6.45) is 3.20. The molecule has 1 aliphatic heterocycles. The van der Waals surface area contributed by atoms with Gasteiger partial charge in [0.25, 0.3) is 0 Å². The maximum atomic E-state index is 13.1. The second-order valence-corrected chi connectivity index (χ2v) is 5.74. The van der Waals surface area contributed by atoms with Crippen LogP contribution in [0.3, 0.4) is 0 Å². The quantitative estimate of drug-likeness (QED) is 0.876. The summed E-state index contributed by atoms with van der Waals surface area (Å²) in [5, 5.41) is 12.9. The van der Waals surface area contributed by atoms with E-state index in [1.807, 2.05) is 0 Å². The summed E-state index contributed by atoms with van der Waals surface area (Å²) in [5.74, 6) is 0.242. The van der Waals surface area contributed by atoms with Crippen molar-refractivity contribution < 1.29 is 4.39 Å². The molecular formula is C13H13FN4S. The summed E-state index contributed by atoms with van der Waals surface area (Å²) < 4.78 is 13.9. The van der Waals surface area contributed by atoms with Gasteiger partial charge in [-0.3, -0.25) is 0 Å². The highest BCUT2D eigenvalue weighted by Gasteiger charge is 2.21. The number of hydrogen-bond acceptors (Lipinski definition) is 5. The molecule has 98 valence electrons. The Labute approximate surface area is 114 Å². The fourth-order valence-electron chi connectivity index (χ4n) is 2.30. The van der Waals surface area contributed by atoms with Crippen molar-refractivity contribution in [3.63, 3.8) is 0 Å². The van der Waals surface area contributed by atoms with E-state index < -0.39 is 0 Å². The van der Waals surface area contributed by atoms with E-state index in [4.69, 9.17) is 5.26 Å². The number of rotatable bonds is 3. The van der Waals surface area contributed by atoms with Crippen molar-refractivity contribution in [2.75, 3.05) is 25.0 Å². The molecule has 2 aromatic rings. The van der Waals surface area contributed by atoms with Crippen LogP contribution >= 0.6 is 11.3 Å². The monoisotopic (exact) mass is 276 g/mol. The first-order valence-corrected chi connectivity index (χ1v) is 7.01. The number of aromatic nitrogens is 1. The van der Waals surface area contributed by atoms with Crippen molar-refractivity contribution in [2.24, 2.45) is 5.92 Å². The number of nitriles is 1. The van der Waals surface area contributed by atoms with E-state index in [2.05, 4.69) is 16.5 Å². The molecule has 19 heavy (non-hydrogen) atoms. The van der Waals surface area contributed by atoms with Gasteiger partial charge in [0, 0.05) is 19.6 Å². The van der Waals surface area contributed by atoms with Crippen LogP contribution in [0.2, 0.25) is 0 Å². The van der Waals surface area contributed by atoms with E-state index >= 15 is 0 Å². The molecule has 6 heteroatoms. The van der Waals surface area contributed by atoms with Crippen molar-refractivity contribution >= 4 is 26.7 Å². The van der Waals surface area contributed by atoms with Gasteiger partial charge in [-0.25, -0.2) is 9.37 Å². The van der Waals surface area contributed by atoms with Crippen molar-refractivity contribution in [1.29, 1.82) is 5.26 Å². The number of nitrogens with one attached hydrogen (secondary N) is 1. The highest BCUT2D eigenvalue weighted by molar-refractivity contribution is 7.22. The molecule has 3 rings (SSSR count). The molecule has 1 unspecified atom stereocenters. The molecule has 1 fully saturated rings. The summed E-state index contributed by atoms with van der Waals surface area (Å²) in [6.45, 7) is 2.46. The van der Waals surface area contributed by atoms with Crippen LogP contribution in [-0.4, -0.2) is 29.5 Å². The zero-order chi connectivity index (χ0) is 13.2. The number of likely N-dealkylation sites (tertiary alicyclic amines) is 1. The highest BCUT2D eigenvalue weighted by atomic mass is 32.1.